The van der Waals surface area contributed by atoms with E-state index in [1.807, 2.05) is 0 Å². The van der Waals surface area contributed by atoms with Crippen LogP contribution in [0.4, 0.5) is 57.1 Å². The lowest BCUT2D eigenvalue weighted by atomic mass is 9.90. The molecule has 0 bridgehead atoms. The van der Waals surface area contributed by atoms with Crippen LogP contribution in [-0.2, 0) is 0 Å². The van der Waals surface area contributed by atoms with E-state index in [0.717, 1.165) is 0 Å². The summed E-state index contributed by atoms with van der Waals surface area (Å²) in [5, 5.41) is -2.95. The van der Waals surface area contributed by atoms with Crippen LogP contribution in [0.15, 0.2) is 11.4 Å². The number of hydrogen-bond acceptors (Lipinski definition) is 0. The highest BCUT2D eigenvalue weighted by Gasteiger charge is 2.76. The molecule has 138 valence electrons. The van der Waals surface area contributed by atoms with Crippen LogP contribution in [0.2, 0.25) is 0 Å². The molecular formula is C9H4ClF13. The molecule has 0 saturated carbocycles. The molecule has 0 aliphatic rings. The van der Waals surface area contributed by atoms with Gasteiger partial charge < -0.3 is 0 Å². The second-order valence-electron chi connectivity index (χ2n) is 4.16. The van der Waals surface area contributed by atoms with Crippen molar-refractivity contribution in [2.24, 2.45) is 0 Å². The molecule has 0 amide bonds. The molecule has 0 fully saturated rings. The van der Waals surface area contributed by atoms with Gasteiger partial charge in [-0.25, -0.2) is 30.7 Å². The third-order valence-corrected chi connectivity index (χ3v) is 2.78. The van der Waals surface area contributed by atoms with Gasteiger partial charge in [0.25, 0.3) is 12.1 Å². The monoisotopic (exact) mass is 394 g/mol. The molecule has 0 aliphatic carbocycles. The van der Waals surface area contributed by atoms with Crippen LogP contribution in [0.5, 0.6) is 0 Å². The van der Waals surface area contributed by atoms with Gasteiger partial charge in [-0.1, -0.05) is 11.6 Å². The van der Waals surface area contributed by atoms with Gasteiger partial charge in [0.05, 0.1) is 11.5 Å². The van der Waals surface area contributed by atoms with Crippen molar-refractivity contribution in [1.82, 2.24) is 0 Å². The smallest absolute Gasteiger partial charge is 0.231 e. The Morgan fingerprint density at radius 1 is 0.870 bits per heavy atom. The minimum atomic E-state index is -6.80. The minimum Gasteiger partial charge on any atom is -0.231 e. The van der Waals surface area contributed by atoms with Crippen LogP contribution >= 0.6 is 11.6 Å². The van der Waals surface area contributed by atoms with Crippen molar-refractivity contribution in [3.63, 3.8) is 0 Å². The van der Waals surface area contributed by atoms with Crippen LogP contribution in [0.1, 0.15) is 6.42 Å². The summed E-state index contributed by atoms with van der Waals surface area (Å²) in [7, 11) is 0. The van der Waals surface area contributed by atoms with Crippen LogP contribution < -0.4 is 0 Å². The Kier molecular flexibility index (Phi) is 5.97. The fraction of sp³-hybridized carbons (Fsp3) is 0.778. The van der Waals surface area contributed by atoms with Gasteiger partial charge in [-0.15, -0.1) is 0 Å². The number of alkyl halides is 12. The van der Waals surface area contributed by atoms with Crippen LogP contribution in [0.3, 0.4) is 0 Å². The quantitative estimate of drug-likeness (QED) is 0.512. The number of hydrogen-bond donors (Lipinski definition) is 0. The molecule has 0 aliphatic heterocycles. The van der Waals surface area contributed by atoms with Crippen molar-refractivity contribution in [2.45, 2.75) is 42.5 Å². The Bertz CT molecular complexity index is 447. The molecule has 0 heterocycles. The first-order valence-corrected chi connectivity index (χ1v) is 5.41. The van der Waals surface area contributed by atoms with E-state index in [0.29, 0.717) is 0 Å². The summed E-state index contributed by atoms with van der Waals surface area (Å²) in [5.74, 6) is -12.6. The summed E-state index contributed by atoms with van der Waals surface area (Å²) in [6, 6.07) is 0. The Morgan fingerprint density at radius 3 is 1.52 bits per heavy atom. The SMILES string of the molecule is FC=C(Cl)C(F)(C(F)(F)F)C(F)(F)CC(F)(F)C(F)C(F)(F)F. The van der Waals surface area contributed by atoms with E-state index in [1.54, 1.807) is 0 Å². The minimum absolute atomic E-state index is 1.54. The molecule has 0 nitrogen and oxygen atoms in total. The predicted octanol–water partition coefficient (Wildman–Crippen LogP) is 5.87. The third kappa shape index (κ3) is 4.15. The first kappa shape index (κ1) is 22.1. The van der Waals surface area contributed by atoms with Crippen LogP contribution in [0.25, 0.3) is 0 Å². The maximum absolute atomic E-state index is 13.5. The highest BCUT2D eigenvalue weighted by atomic mass is 35.5. The van der Waals surface area contributed by atoms with Gasteiger partial charge in [0, 0.05) is 0 Å². The van der Waals surface area contributed by atoms with Crippen LogP contribution in [-0.4, -0.2) is 36.0 Å². The predicted molar refractivity (Wildman–Crippen MR) is 50.4 cm³/mol. The lowest BCUT2D eigenvalue weighted by Crippen LogP contribution is -2.59. The zero-order chi connectivity index (χ0) is 19.1. The Hall–Kier alpha value is -0.880. The molecule has 0 aromatic heterocycles. The number of allylic oxidation sites excluding steroid dienone is 1. The highest BCUT2D eigenvalue weighted by Crippen LogP contribution is 2.55. The van der Waals surface area contributed by atoms with Gasteiger partial charge in [0.2, 0.25) is 0 Å². The standard InChI is InChI=1S/C9H4ClF13/c10-3(1-11)7(17,9(21,22)23)6(15,16)2-5(13,14)4(12)8(18,19)20/h1,4H,2H2. The maximum Gasteiger partial charge on any atom is 0.433 e. The van der Waals surface area contributed by atoms with Crippen molar-refractivity contribution in [1.29, 1.82) is 0 Å². The fourth-order valence-corrected chi connectivity index (χ4v) is 1.58. The van der Waals surface area contributed by atoms with Crippen molar-refractivity contribution in [2.75, 3.05) is 0 Å². The van der Waals surface area contributed by atoms with E-state index in [9.17, 15) is 57.1 Å². The van der Waals surface area contributed by atoms with E-state index in [2.05, 4.69) is 11.6 Å². The molecule has 0 spiro atoms. The second-order valence-corrected chi connectivity index (χ2v) is 4.57. The molecule has 0 N–H and O–H groups in total. The van der Waals surface area contributed by atoms with Gasteiger partial charge in [0.15, 0.2) is 0 Å². The molecule has 0 saturated heterocycles. The summed E-state index contributed by atoms with van der Waals surface area (Å²) in [5.41, 5.74) is -6.29. The van der Waals surface area contributed by atoms with E-state index in [4.69, 9.17) is 0 Å². The average Bonchev–Trinajstić information content (AvgIpc) is 2.31. The maximum atomic E-state index is 13.5. The highest BCUT2D eigenvalue weighted by molar-refractivity contribution is 6.30. The first-order chi connectivity index (χ1) is 9.84. The Labute approximate surface area is 123 Å². The van der Waals surface area contributed by atoms with Gasteiger partial charge in [-0.2, -0.15) is 26.3 Å². The molecule has 2 atom stereocenters. The topological polar surface area (TPSA) is 0 Å². The second kappa shape index (κ2) is 6.20. The van der Waals surface area contributed by atoms with Crippen molar-refractivity contribution >= 4 is 11.6 Å². The van der Waals surface area contributed by atoms with Gasteiger partial charge in [0.1, 0.15) is 6.33 Å². The summed E-state index contributed by atoms with van der Waals surface area (Å²) in [6.07, 6.45) is -23.9. The molecule has 0 radical (unpaired) electrons. The average molecular weight is 395 g/mol. The summed E-state index contributed by atoms with van der Waals surface area (Å²) >= 11 is 4.29. The molecule has 0 aromatic rings. The summed E-state index contributed by atoms with van der Waals surface area (Å²) < 4.78 is 162. The van der Waals surface area contributed by atoms with Gasteiger partial charge >= 0.3 is 23.9 Å². The molecule has 23 heavy (non-hydrogen) atoms. The van der Waals surface area contributed by atoms with E-state index < -0.39 is 53.8 Å². The summed E-state index contributed by atoms with van der Waals surface area (Å²) in [6.45, 7) is 0. The Balaban J connectivity index is 5.95. The largest absolute Gasteiger partial charge is 0.433 e. The zero-order valence-corrected chi connectivity index (χ0v) is 10.9. The molecule has 0 rings (SSSR count). The number of halogens is 14. The summed E-state index contributed by atoms with van der Waals surface area (Å²) in [4.78, 5) is 0. The first-order valence-electron chi connectivity index (χ1n) is 5.03. The molecule has 14 heteroatoms. The van der Waals surface area contributed by atoms with E-state index in [-0.39, 0.29) is 0 Å². The van der Waals surface area contributed by atoms with Crippen molar-refractivity contribution in [3.05, 3.63) is 11.4 Å². The zero-order valence-electron chi connectivity index (χ0n) is 10.2. The van der Waals surface area contributed by atoms with Gasteiger partial charge in [-0.05, 0) is 0 Å². The van der Waals surface area contributed by atoms with Crippen molar-refractivity contribution in [3.8, 4) is 0 Å². The van der Waals surface area contributed by atoms with Gasteiger partial charge in [-0.3, -0.25) is 0 Å². The van der Waals surface area contributed by atoms with Crippen LogP contribution in [0, 0.1) is 0 Å². The number of rotatable bonds is 5. The molecule has 0 aromatic carbocycles. The molecule has 2 unspecified atom stereocenters. The fourth-order valence-electron chi connectivity index (χ4n) is 1.34. The van der Waals surface area contributed by atoms with E-state index in [1.165, 1.54) is 0 Å². The van der Waals surface area contributed by atoms with E-state index >= 15 is 0 Å². The lowest BCUT2D eigenvalue weighted by molar-refractivity contribution is -0.310. The van der Waals surface area contributed by atoms with Crippen molar-refractivity contribution < 1.29 is 57.1 Å². The lowest BCUT2D eigenvalue weighted by Gasteiger charge is -2.36. The normalized spacial score (nSPS) is 19.5. The molecular weight excluding hydrogens is 391 g/mol. The Morgan fingerprint density at radius 2 is 1.26 bits per heavy atom. The third-order valence-electron chi connectivity index (χ3n) is 2.44.